The van der Waals surface area contributed by atoms with Gasteiger partial charge in [-0.15, -0.1) is 0 Å². The van der Waals surface area contributed by atoms with E-state index in [4.69, 9.17) is 10.00 Å². The molecular formula is C12H13N3O3. The van der Waals surface area contributed by atoms with Crippen LogP contribution in [0.15, 0.2) is 18.2 Å². The Morgan fingerprint density at radius 1 is 1.61 bits per heavy atom. The monoisotopic (exact) mass is 247 g/mol. The molecule has 0 amide bonds. The van der Waals surface area contributed by atoms with Gasteiger partial charge < -0.3 is 10.1 Å². The van der Waals surface area contributed by atoms with Crippen molar-refractivity contribution in [1.29, 1.82) is 5.26 Å². The lowest BCUT2D eigenvalue weighted by Gasteiger charge is -2.11. The molecule has 18 heavy (non-hydrogen) atoms. The number of hydrogen-bond acceptors (Lipinski definition) is 5. The van der Waals surface area contributed by atoms with Gasteiger partial charge in [0.05, 0.1) is 11.5 Å². The lowest BCUT2D eigenvalue weighted by Crippen LogP contribution is -2.16. The van der Waals surface area contributed by atoms with E-state index in [1.165, 1.54) is 12.1 Å². The summed E-state index contributed by atoms with van der Waals surface area (Å²) in [4.78, 5) is 10.2. The first-order valence-electron chi connectivity index (χ1n) is 5.73. The molecule has 2 rings (SSSR count). The number of nitrogens with one attached hydrogen (secondary N) is 1. The summed E-state index contributed by atoms with van der Waals surface area (Å²) in [6.45, 7) is 2.33. The molecule has 1 atom stereocenters. The van der Waals surface area contributed by atoms with Crippen LogP contribution in [0.25, 0.3) is 0 Å². The number of nitriles is 1. The van der Waals surface area contributed by atoms with Gasteiger partial charge in [0.1, 0.15) is 11.8 Å². The van der Waals surface area contributed by atoms with Crippen LogP contribution in [-0.2, 0) is 0 Å². The topological polar surface area (TPSA) is 88.2 Å². The van der Waals surface area contributed by atoms with Crippen LogP contribution >= 0.6 is 0 Å². The highest BCUT2D eigenvalue weighted by Gasteiger charge is 2.20. The van der Waals surface area contributed by atoms with Gasteiger partial charge in [0.15, 0.2) is 5.56 Å². The lowest BCUT2D eigenvalue weighted by atomic mass is 10.1. The number of benzene rings is 1. The van der Waals surface area contributed by atoms with E-state index >= 15 is 0 Å². The summed E-state index contributed by atoms with van der Waals surface area (Å²) in [5.41, 5.74) is -0.215. The van der Waals surface area contributed by atoms with Gasteiger partial charge in [-0.2, -0.15) is 5.26 Å². The normalized spacial score (nSPS) is 18.3. The molecule has 6 heteroatoms. The molecule has 0 saturated carbocycles. The first kappa shape index (κ1) is 12.3. The Labute approximate surface area is 104 Å². The maximum atomic E-state index is 10.8. The van der Waals surface area contributed by atoms with Crippen molar-refractivity contribution in [1.82, 2.24) is 5.32 Å². The van der Waals surface area contributed by atoms with Crippen LogP contribution in [0.4, 0.5) is 5.69 Å². The van der Waals surface area contributed by atoms with Crippen molar-refractivity contribution in [3.63, 3.8) is 0 Å². The van der Waals surface area contributed by atoms with Gasteiger partial charge in [-0.05, 0) is 19.0 Å². The zero-order valence-electron chi connectivity index (χ0n) is 9.76. The van der Waals surface area contributed by atoms with Gasteiger partial charge in [-0.25, -0.2) is 0 Å². The predicted octanol–water partition coefficient (Wildman–Crippen LogP) is 1.45. The molecule has 0 radical (unpaired) electrons. The van der Waals surface area contributed by atoms with Gasteiger partial charge >= 0.3 is 0 Å². The molecule has 0 aliphatic carbocycles. The van der Waals surface area contributed by atoms with E-state index in [1.807, 2.05) is 6.07 Å². The second kappa shape index (κ2) is 5.47. The maximum Gasteiger partial charge on any atom is 0.290 e. The molecule has 1 fully saturated rings. The second-order valence-corrected chi connectivity index (χ2v) is 4.19. The average molecular weight is 247 g/mol. The number of hydrogen-bond donors (Lipinski definition) is 1. The summed E-state index contributed by atoms with van der Waals surface area (Å²) in [6, 6.07) is 6.27. The first-order valence-corrected chi connectivity index (χ1v) is 5.73. The van der Waals surface area contributed by atoms with Crippen LogP contribution in [0, 0.1) is 27.4 Å². The number of nitro groups is 1. The Bertz CT molecular complexity index is 490. The van der Waals surface area contributed by atoms with Crippen molar-refractivity contribution >= 4 is 5.69 Å². The highest BCUT2D eigenvalue weighted by Crippen LogP contribution is 2.27. The van der Waals surface area contributed by atoms with Gasteiger partial charge in [0, 0.05) is 18.5 Å². The Balaban J connectivity index is 2.14. The van der Waals surface area contributed by atoms with E-state index in [9.17, 15) is 10.1 Å². The van der Waals surface area contributed by atoms with Crippen molar-refractivity contribution in [2.75, 3.05) is 19.7 Å². The van der Waals surface area contributed by atoms with E-state index in [0.29, 0.717) is 18.3 Å². The standard InChI is InChI=1S/C12H13N3O3/c13-6-10-11(15(16)17)2-1-3-12(10)18-8-9-4-5-14-7-9/h1-3,9,14H,4-5,7-8H2. The number of ether oxygens (including phenoxy) is 1. The van der Waals surface area contributed by atoms with Gasteiger partial charge in [0.2, 0.25) is 0 Å². The Hall–Kier alpha value is -2.13. The third kappa shape index (κ3) is 2.57. The fourth-order valence-electron chi connectivity index (χ4n) is 1.97. The quantitative estimate of drug-likeness (QED) is 0.642. The number of rotatable bonds is 4. The Kier molecular flexibility index (Phi) is 3.75. The van der Waals surface area contributed by atoms with E-state index < -0.39 is 4.92 Å². The minimum Gasteiger partial charge on any atom is -0.492 e. The van der Waals surface area contributed by atoms with Gasteiger partial charge in [-0.1, -0.05) is 6.07 Å². The van der Waals surface area contributed by atoms with E-state index in [2.05, 4.69) is 5.32 Å². The van der Waals surface area contributed by atoms with Crippen molar-refractivity contribution in [3.8, 4) is 11.8 Å². The van der Waals surface area contributed by atoms with Gasteiger partial charge in [0.25, 0.3) is 5.69 Å². The van der Waals surface area contributed by atoms with Crippen LogP contribution < -0.4 is 10.1 Å². The molecule has 94 valence electrons. The van der Waals surface area contributed by atoms with E-state index in [0.717, 1.165) is 19.5 Å². The largest absolute Gasteiger partial charge is 0.492 e. The molecule has 1 N–H and O–H groups in total. The number of nitro benzene ring substituents is 1. The van der Waals surface area contributed by atoms with Crippen LogP contribution in [0.3, 0.4) is 0 Å². The molecule has 1 aliphatic rings. The maximum absolute atomic E-state index is 10.8. The van der Waals surface area contributed by atoms with Crippen LogP contribution in [0.1, 0.15) is 12.0 Å². The molecule has 1 saturated heterocycles. The van der Waals surface area contributed by atoms with Crippen molar-refractivity contribution in [2.24, 2.45) is 5.92 Å². The van der Waals surface area contributed by atoms with Crippen LogP contribution in [0.2, 0.25) is 0 Å². The zero-order valence-corrected chi connectivity index (χ0v) is 9.76. The van der Waals surface area contributed by atoms with Crippen LogP contribution in [-0.4, -0.2) is 24.6 Å². The highest BCUT2D eigenvalue weighted by molar-refractivity contribution is 5.56. The molecule has 1 aromatic carbocycles. The summed E-state index contributed by atoms with van der Waals surface area (Å²) < 4.78 is 5.54. The minimum absolute atomic E-state index is 0.00606. The summed E-state index contributed by atoms with van der Waals surface area (Å²) in [7, 11) is 0. The molecule has 1 unspecified atom stereocenters. The summed E-state index contributed by atoms with van der Waals surface area (Å²) in [6.07, 6.45) is 1.02. The van der Waals surface area contributed by atoms with E-state index in [1.54, 1.807) is 6.07 Å². The Morgan fingerprint density at radius 2 is 2.44 bits per heavy atom. The van der Waals surface area contributed by atoms with Crippen molar-refractivity contribution in [2.45, 2.75) is 6.42 Å². The Morgan fingerprint density at radius 3 is 3.06 bits per heavy atom. The summed E-state index contributed by atoms with van der Waals surface area (Å²) in [5.74, 6) is 0.689. The SMILES string of the molecule is N#Cc1c(OCC2CCNC2)cccc1[N+](=O)[O-]. The molecule has 0 spiro atoms. The highest BCUT2D eigenvalue weighted by atomic mass is 16.6. The average Bonchev–Trinajstić information content (AvgIpc) is 2.88. The molecular weight excluding hydrogens is 234 g/mol. The zero-order chi connectivity index (χ0) is 13.0. The number of nitrogens with zero attached hydrogens (tertiary/aromatic N) is 2. The summed E-state index contributed by atoms with van der Waals surface area (Å²) >= 11 is 0. The molecule has 1 aliphatic heterocycles. The third-order valence-corrected chi connectivity index (χ3v) is 2.95. The molecule has 1 heterocycles. The first-order chi connectivity index (χ1) is 8.72. The predicted molar refractivity (Wildman–Crippen MR) is 64.3 cm³/mol. The van der Waals surface area contributed by atoms with Gasteiger partial charge in [-0.3, -0.25) is 10.1 Å². The van der Waals surface area contributed by atoms with Crippen molar-refractivity contribution in [3.05, 3.63) is 33.9 Å². The van der Waals surface area contributed by atoms with E-state index in [-0.39, 0.29) is 11.3 Å². The van der Waals surface area contributed by atoms with Crippen LogP contribution in [0.5, 0.6) is 5.75 Å². The molecule has 1 aromatic rings. The molecule has 0 bridgehead atoms. The molecule has 0 aromatic heterocycles. The minimum atomic E-state index is -0.567. The molecule has 6 nitrogen and oxygen atoms in total. The summed E-state index contributed by atoms with van der Waals surface area (Å²) in [5, 5.41) is 23.0. The second-order valence-electron chi connectivity index (χ2n) is 4.19. The fraction of sp³-hybridized carbons (Fsp3) is 0.417. The fourth-order valence-corrected chi connectivity index (χ4v) is 1.97. The third-order valence-electron chi connectivity index (χ3n) is 2.95. The van der Waals surface area contributed by atoms with Crippen molar-refractivity contribution < 1.29 is 9.66 Å². The smallest absolute Gasteiger partial charge is 0.290 e. The lowest BCUT2D eigenvalue weighted by molar-refractivity contribution is -0.385.